The molecule has 0 saturated carbocycles. The summed E-state index contributed by atoms with van der Waals surface area (Å²) in [4.78, 5) is 14.5. The van der Waals surface area contributed by atoms with Gasteiger partial charge in [0.2, 0.25) is 0 Å². The zero-order valence-electron chi connectivity index (χ0n) is 16.1. The molecule has 6 nitrogen and oxygen atoms in total. The van der Waals surface area contributed by atoms with Gasteiger partial charge in [0.25, 0.3) is 0 Å². The number of aliphatic hydroxyl groups is 1. The molecule has 2 heterocycles. The van der Waals surface area contributed by atoms with Crippen LogP contribution in [0.4, 0.5) is 0 Å². The van der Waals surface area contributed by atoms with Crippen LogP contribution in [-0.4, -0.2) is 46.4 Å². The first-order valence-electron chi connectivity index (χ1n) is 9.43. The third-order valence-corrected chi connectivity index (χ3v) is 5.45. The number of aromatic hydroxyl groups is 2. The lowest BCUT2D eigenvalue weighted by atomic mass is 9.85. The van der Waals surface area contributed by atoms with E-state index in [4.69, 9.17) is 17.4 Å². The molecule has 3 aromatic rings. The number of aliphatic hydroxyl groups excluding tert-OH is 1. The summed E-state index contributed by atoms with van der Waals surface area (Å²) in [5, 5.41) is 31.8. The second kappa shape index (κ2) is 7.13. The summed E-state index contributed by atoms with van der Waals surface area (Å²) in [6.45, 7) is -0.361. The van der Waals surface area contributed by atoms with Gasteiger partial charge in [-0.3, -0.25) is 4.79 Å². The quantitative estimate of drug-likeness (QED) is 0.609. The number of β-amino-alcohol motifs (C(OH)–C–C–N with tert-alkyl or cyclic N) is 1. The second-order valence-corrected chi connectivity index (χ2v) is 7.43. The normalized spacial score (nSPS) is 23.7. The SMILES string of the molecule is [2H]C1C[C@H](c2c(O)cc(O)c3c(=O)cc(-c4ccccc4Cl)oc23)[C@H](O)CN1C. The highest BCUT2D eigenvalue weighted by Gasteiger charge is 2.33. The lowest BCUT2D eigenvalue weighted by molar-refractivity contribution is 0.0630. The van der Waals surface area contributed by atoms with Gasteiger partial charge in [0.15, 0.2) is 5.43 Å². The van der Waals surface area contributed by atoms with Crippen LogP contribution in [0.15, 0.2) is 45.6 Å². The number of phenolic OH excluding ortho intramolecular Hbond substituents is 2. The monoisotopic (exact) mass is 402 g/mol. The molecule has 0 radical (unpaired) electrons. The van der Waals surface area contributed by atoms with Crippen molar-refractivity contribution in [1.82, 2.24) is 4.90 Å². The molecule has 0 aliphatic carbocycles. The minimum atomic E-state index is -0.880. The number of hydrogen-bond acceptors (Lipinski definition) is 6. The largest absolute Gasteiger partial charge is 0.507 e. The first-order valence-corrected chi connectivity index (χ1v) is 9.24. The van der Waals surface area contributed by atoms with Crippen molar-refractivity contribution in [3.8, 4) is 22.8 Å². The van der Waals surface area contributed by atoms with E-state index in [0.29, 0.717) is 10.6 Å². The van der Waals surface area contributed by atoms with Gasteiger partial charge in [-0.2, -0.15) is 0 Å². The number of hydrogen-bond donors (Lipinski definition) is 3. The first kappa shape index (κ1) is 17.6. The average Bonchev–Trinajstić information content (AvgIpc) is 2.65. The van der Waals surface area contributed by atoms with Gasteiger partial charge in [0.1, 0.15) is 28.2 Å². The number of phenols is 2. The van der Waals surface area contributed by atoms with Crippen LogP contribution >= 0.6 is 11.6 Å². The van der Waals surface area contributed by atoms with Crippen molar-refractivity contribution in [3.63, 3.8) is 0 Å². The molecular formula is C21H20ClNO5. The van der Waals surface area contributed by atoms with Crippen LogP contribution in [0.1, 0.15) is 19.3 Å². The van der Waals surface area contributed by atoms with Gasteiger partial charge in [-0.15, -0.1) is 0 Å². The van der Waals surface area contributed by atoms with Crippen LogP contribution in [0.2, 0.25) is 5.02 Å². The number of piperidine rings is 1. The van der Waals surface area contributed by atoms with E-state index in [9.17, 15) is 20.1 Å². The van der Waals surface area contributed by atoms with Crippen molar-refractivity contribution in [2.45, 2.75) is 18.4 Å². The van der Waals surface area contributed by atoms with E-state index < -0.39 is 29.7 Å². The van der Waals surface area contributed by atoms with Crippen molar-refractivity contribution < 1.29 is 21.1 Å². The summed E-state index contributed by atoms with van der Waals surface area (Å²) in [6, 6.07) is 9.16. The van der Waals surface area contributed by atoms with Crippen LogP contribution in [-0.2, 0) is 0 Å². The molecule has 3 atom stereocenters. The Balaban J connectivity index is 2.00. The predicted octanol–water partition coefficient (Wildman–Crippen LogP) is 3.30. The van der Waals surface area contributed by atoms with Gasteiger partial charge < -0.3 is 24.6 Å². The molecule has 1 aliphatic heterocycles. The van der Waals surface area contributed by atoms with Gasteiger partial charge >= 0.3 is 0 Å². The molecular weight excluding hydrogens is 382 g/mol. The number of likely N-dealkylation sites (tertiary alicyclic amines) is 1. The fourth-order valence-electron chi connectivity index (χ4n) is 3.73. The summed E-state index contributed by atoms with van der Waals surface area (Å²) < 4.78 is 14.2. The minimum Gasteiger partial charge on any atom is -0.507 e. The maximum atomic E-state index is 12.8. The summed E-state index contributed by atoms with van der Waals surface area (Å²) in [5.74, 6) is -1.16. The van der Waals surface area contributed by atoms with E-state index in [1.165, 1.54) is 6.07 Å². The van der Waals surface area contributed by atoms with Crippen molar-refractivity contribution in [2.24, 2.45) is 0 Å². The molecule has 0 amide bonds. The molecule has 0 bridgehead atoms. The Bertz CT molecular complexity index is 1150. The average molecular weight is 403 g/mol. The number of halogens is 1. The predicted molar refractivity (Wildman–Crippen MR) is 107 cm³/mol. The van der Waals surface area contributed by atoms with Crippen LogP contribution < -0.4 is 5.43 Å². The Morgan fingerprint density at radius 1 is 1.25 bits per heavy atom. The molecule has 1 saturated heterocycles. The third kappa shape index (κ3) is 3.13. The van der Waals surface area contributed by atoms with Gasteiger partial charge in [-0.1, -0.05) is 23.7 Å². The van der Waals surface area contributed by atoms with Gasteiger partial charge in [0, 0.05) is 37.1 Å². The van der Waals surface area contributed by atoms with Crippen LogP contribution in [0, 0.1) is 0 Å². The molecule has 0 spiro atoms. The first-order chi connectivity index (χ1) is 13.8. The molecule has 3 N–H and O–H groups in total. The fraction of sp³-hybridized carbons (Fsp3) is 0.286. The highest BCUT2D eigenvalue weighted by Crippen LogP contribution is 2.42. The summed E-state index contributed by atoms with van der Waals surface area (Å²) in [6.07, 6.45) is -0.653. The number of benzene rings is 2. The summed E-state index contributed by atoms with van der Waals surface area (Å²) in [7, 11) is 1.74. The zero-order valence-corrected chi connectivity index (χ0v) is 15.8. The van der Waals surface area contributed by atoms with Crippen molar-refractivity contribution >= 4 is 22.6 Å². The lowest BCUT2D eigenvalue weighted by Crippen LogP contribution is -2.40. The maximum Gasteiger partial charge on any atom is 0.197 e. The number of likely N-dealkylation sites (N-methyl/N-ethyl adjacent to an activating group) is 1. The van der Waals surface area contributed by atoms with Crippen LogP contribution in [0.25, 0.3) is 22.3 Å². The van der Waals surface area contributed by atoms with Crippen LogP contribution in [0.5, 0.6) is 11.5 Å². The van der Waals surface area contributed by atoms with E-state index in [0.717, 1.165) is 6.07 Å². The molecule has 28 heavy (non-hydrogen) atoms. The molecule has 1 aromatic heterocycles. The highest BCUT2D eigenvalue weighted by atomic mass is 35.5. The molecule has 4 rings (SSSR count). The number of nitrogens with zero attached hydrogens (tertiary/aromatic N) is 1. The third-order valence-electron chi connectivity index (χ3n) is 5.12. The van der Waals surface area contributed by atoms with Gasteiger partial charge in [-0.25, -0.2) is 0 Å². The smallest absolute Gasteiger partial charge is 0.197 e. The summed E-state index contributed by atoms with van der Waals surface area (Å²) in [5.41, 5.74) is 0.196. The summed E-state index contributed by atoms with van der Waals surface area (Å²) >= 11 is 6.24. The van der Waals surface area contributed by atoms with E-state index >= 15 is 0 Å². The van der Waals surface area contributed by atoms with E-state index in [1.54, 1.807) is 36.2 Å². The van der Waals surface area contributed by atoms with Gasteiger partial charge in [-0.05, 0) is 32.1 Å². The molecule has 146 valence electrons. The maximum absolute atomic E-state index is 12.8. The van der Waals surface area contributed by atoms with E-state index in [-0.39, 0.29) is 41.0 Å². The van der Waals surface area contributed by atoms with E-state index in [1.807, 2.05) is 0 Å². The Labute approximate surface area is 167 Å². The number of rotatable bonds is 2. The topological polar surface area (TPSA) is 94.1 Å². The molecule has 1 fully saturated rings. The Hall–Kier alpha value is -2.54. The molecule has 1 unspecified atom stereocenters. The van der Waals surface area contributed by atoms with Crippen LogP contribution in [0.3, 0.4) is 0 Å². The minimum absolute atomic E-state index is 0.00859. The van der Waals surface area contributed by atoms with E-state index in [2.05, 4.69) is 0 Å². The van der Waals surface area contributed by atoms with Crippen molar-refractivity contribution in [1.29, 1.82) is 0 Å². The lowest BCUT2D eigenvalue weighted by Gasteiger charge is -2.34. The Morgan fingerprint density at radius 3 is 2.75 bits per heavy atom. The molecule has 2 aromatic carbocycles. The van der Waals surface area contributed by atoms with Crippen molar-refractivity contribution in [2.75, 3.05) is 20.1 Å². The number of fused-ring (bicyclic) bond motifs is 1. The molecule has 1 aliphatic rings. The Morgan fingerprint density at radius 2 is 2.00 bits per heavy atom. The molecule has 7 heteroatoms. The van der Waals surface area contributed by atoms with Gasteiger partial charge in [0.05, 0.1) is 11.1 Å². The Kier molecular flexibility index (Phi) is 4.47. The van der Waals surface area contributed by atoms with Crippen molar-refractivity contribution in [3.05, 3.63) is 57.2 Å². The highest BCUT2D eigenvalue weighted by molar-refractivity contribution is 6.33. The fourth-order valence-corrected chi connectivity index (χ4v) is 3.96. The second-order valence-electron chi connectivity index (χ2n) is 7.02. The standard InChI is InChI=1S/C21H20ClNO5/c1-23-7-6-12(17(27)10-23)19-14(24)8-15(25)20-16(26)9-18(28-21(19)20)11-4-2-3-5-13(11)22/h2-5,8-9,12,17,24-25,27H,6-7,10H2,1H3/t12-,17+/m0/s1/i7D/t7?,12-,17+. The zero-order chi connectivity index (χ0) is 20.9.